The number of aliphatic hydroxyl groups excluding tert-OH is 1. The molecule has 0 fully saturated rings. The van der Waals surface area contributed by atoms with Gasteiger partial charge < -0.3 is 9.90 Å². The Kier molecular flexibility index (Phi) is 20.1. The third-order valence-electron chi connectivity index (χ3n) is 0. The van der Waals surface area contributed by atoms with Gasteiger partial charge in [-0.1, -0.05) is 6.47 Å². The van der Waals surface area contributed by atoms with E-state index in [1.807, 2.05) is 0 Å². The summed E-state index contributed by atoms with van der Waals surface area (Å²) in [6.07, 6.45) is 0. The van der Waals surface area contributed by atoms with E-state index in [2.05, 4.69) is 0 Å². The molecule has 0 aromatic rings. The molecule has 0 aromatic carbocycles. The maximum Gasteiger partial charge on any atom is 0 e. The molecular weight excluding hydrogens is 271 g/mol. The van der Waals surface area contributed by atoms with Gasteiger partial charge in [0.2, 0.25) is 0 Å². The predicted octanol–water partition coefficient (Wildman–Crippen LogP) is -0.388. The zero-order valence-electron chi connectivity index (χ0n) is 1.93. The summed E-state index contributed by atoms with van der Waals surface area (Å²) >= 11 is 0. The van der Waals surface area contributed by atoms with Gasteiger partial charge in [-0.25, -0.2) is 0 Å². The molecule has 0 aliphatic carbocycles. The van der Waals surface area contributed by atoms with Crippen molar-refractivity contribution >= 4 is 6.47 Å². The van der Waals surface area contributed by atoms with Crippen molar-refractivity contribution in [3.05, 3.63) is 0 Å². The molecule has 0 amide bonds. The minimum absolute atomic E-state index is 0. The standard InChI is InChI=1S/CHO2.Ac/c2-1-3;/h(H,2,3);/q-1;. The van der Waals surface area contributed by atoms with Gasteiger partial charge in [0.25, 0.3) is 0 Å². The normalized spacial score (nSPS) is 3.00. The zero-order chi connectivity index (χ0) is 2.71. The second-order valence-corrected chi connectivity index (χ2v) is 0.0913. The maximum absolute atomic E-state index is 8.24. The molecule has 1 radical (unpaired) electrons. The van der Waals surface area contributed by atoms with E-state index in [1.54, 1.807) is 0 Å². The molecule has 0 bridgehead atoms. The SMILES string of the molecule is O=[C-]O.[Ac]. The van der Waals surface area contributed by atoms with Crippen LogP contribution in [0.3, 0.4) is 0 Å². The van der Waals surface area contributed by atoms with Crippen LogP contribution in [0.4, 0.5) is 0 Å². The Hall–Kier alpha value is 0.912. The average Bonchev–Trinajstić information content (AvgIpc) is 0.918. The van der Waals surface area contributed by atoms with E-state index < -0.39 is 0 Å². The van der Waals surface area contributed by atoms with Crippen LogP contribution in [0.2, 0.25) is 0 Å². The van der Waals surface area contributed by atoms with Crippen LogP contribution in [0, 0.1) is 44.1 Å². The summed E-state index contributed by atoms with van der Waals surface area (Å²) in [7, 11) is 0. The van der Waals surface area contributed by atoms with Crippen molar-refractivity contribution in [1.29, 1.82) is 0 Å². The molecule has 0 heterocycles. The summed E-state index contributed by atoms with van der Waals surface area (Å²) in [4.78, 5) is 8.24. The van der Waals surface area contributed by atoms with Crippen LogP contribution in [0.1, 0.15) is 0 Å². The van der Waals surface area contributed by atoms with Crippen LogP contribution in [0.25, 0.3) is 0 Å². The van der Waals surface area contributed by atoms with Crippen molar-refractivity contribution in [2.24, 2.45) is 0 Å². The van der Waals surface area contributed by atoms with Crippen LogP contribution in [-0.2, 0) is 4.79 Å². The van der Waals surface area contributed by atoms with Crippen molar-refractivity contribution in [2.45, 2.75) is 0 Å². The monoisotopic (exact) mass is 272 g/mol. The molecule has 0 aliphatic heterocycles. The van der Waals surface area contributed by atoms with E-state index in [9.17, 15) is 0 Å². The molecule has 21 valence electrons. The van der Waals surface area contributed by atoms with Gasteiger partial charge in [0.1, 0.15) is 0 Å². The molecule has 0 spiro atoms. The Bertz CT molecular complexity index is 13.5. The molecule has 0 rings (SSSR count). The fourth-order valence-corrected chi connectivity index (χ4v) is 0. The average molecular weight is 272 g/mol. The summed E-state index contributed by atoms with van der Waals surface area (Å²) < 4.78 is 0. The fraction of sp³-hybridized carbons (Fsp3) is 0. The van der Waals surface area contributed by atoms with Crippen LogP contribution >= 0.6 is 0 Å². The Balaban J connectivity index is 0. The third kappa shape index (κ3) is 12.8. The molecule has 0 saturated carbocycles. The first kappa shape index (κ1) is 8.86. The van der Waals surface area contributed by atoms with E-state index in [0.29, 0.717) is 6.47 Å². The Labute approximate surface area is 59.8 Å². The van der Waals surface area contributed by atoms with E-state index in [1.165, 1.54) is 0 Å². The molecule has 3 heteroatoms. The first-order chi connectivity index (χ1) is 1.41. The van der Waals surface area contributed by atoms with Gasteiger partial charge >= 0.3 is 0 Å². The summed E-state index contributed by atoms with van der Waals surface area (Å²) in [5.74, 6) is 0. The van der Waals surface area contributed by atoms with Gasteiger partial charge in [-0.2, -0.15) is 0 Å². The summed E-state index contributed by atoms with van der Waals surface area (Å²) in [5.41, 5.74) is 0. The van der Waals surface area contributed by atoms with Gasteiger partial charge in [-0.3, -0.25) is 0 Å². The van der Waals surface area contributed by atoms with Crippen LogP contribution in [-0.4, -0.2) is 11.6 Å². The van der Waals surface area contributed by atoms with E-state index in [4.69, 9.17) is 9.90 Å². The zero-order valence-corrected chi connectivity index (χ0v) is 6.68. The molecule has 0 saturated heterocycles. The van der Waals surface area contributed by atoms with Crippen molar-refractivity contribution in [3.63, 3.8) is 0 Å². The van der Waals surface area contributed by atoms with E-state index >= 15 is 0 Å². The number of hydrogen-bond acceptors (Lipinski definition) is 1. The van der Waals surface area contributed by atoms with Gasteiger partial charge in [-0.15, -0.1) is 0 Å². The first-order valence-electron chi connectivity index (χ1n) is 0.428. The smallest absolute Gasteiger partial charge is 0 e. The Morgan fingerprint density at radius 3 is 1.75 bits per heavy atom. The number of hydrogen-bond donors (Lipinski definition) is 1. The molecule has 0 aliphatic rings. The van der Waals surface area contributed by atoms with Gasteiger partial charge in [0, 0.05) is 44.1 Å². The largest absolute Gasteiger partial charge is 0.665 e. The minimum Gasteiger partial charge on any atom is -0.665 e. The van der Waals surface area contributed by atoms with Gasteiger partial charge in [0.15, 0.2) is 0 Å². The maximum atomic E-state index is 8.24. The molecule has 2 nitrogen and oxygen atoms in total. The topological polar surface area (TPSA) is 37.3 Å². The third-order valence-corrected chi connectivity index (χ3v) is 0. The minimum atomic E-state index is 0. The predicted molar refractivity (Wildman–Crippen MR) is 8.32 cm³/mol. The second kappa shape index (κ2) is 9.07. The van der Waals surface area contributed by atoms with Crippen LogP contribution < -0.4 is 0 Å². The van der Waals surface area contributed by atoms with Crippen LogP contribution in [0.5, 0.6) is 0 Å². The van der Waals surface area contributed by atoms with Crippen LogP contribution in [0.15, 0.2) is 0 Å². The van der Waals surface area contributed by atoms with Crippen molar-refractivity contribution in [1.82, 2.24) is 0 Å². The molecule has 0 aromatic heterocycles. The quantitative estimate of drug-likeness (QED) is 0.610. The molecular formula is CHAcO2-. The van der Waals surface area contributed by atoms with Gasteiger partial charge in [-0.05, 0) is 0 Å². The van der Waals surface area contributed by atoms with Gasteiger partial charge in [0.05, 0.1) is 0 Å². The molecule has 1 N–H and O–H groups in total. The Morgan fingerprint density at radius 1 is 1.75 bits per heavy atom. The van der Waals surface area contributed by atoms with E-state index in [-0.39, 0.29) is 44.1 Å². The van der Waals surface area contributed by atoms with E-state index in [0.717, 1.165) is 0 Å². The van der Waals surface area contributed by atoms with Crippen molar-refractivity contribution < 1.29 is 54.0 Å². The summed E-state index contributed by atoms with van der Waals surface area (Å²) in [6, 6.07) is 0. The number of rotatable bonds is 0. The first-order valence-corrected chi connectivity index (χ1v) is 0.428. The van der Waals surface area contributed by atoms with Crippen molar-refractivity contribution in [2.75, 3.05) is 0 Å². The molecule has 4 heavy (non-hydrogen) atoms. The fourth-order valence-electron chi connectivity index (χ4n) is 0. The molecule has 0 unspecified atom stereocenters. The second-order valence-electron chi connectivity index (χ2n) is 0.0913. The summed E-state index contributed by atoms with van der Waals surface area (Å²) in [5, 5.41) is 6.76. The molecule has 0 atom stereocenters. The summed E-state index contributed by atoms with van der Waals surface area (Å²) in [6.45, 7) is 0.500. The van der Waals surface area contributed by atoms with Crippen molar-refractivity contribution in [3.8, 4) is 0 Å². The Morgan fingerprint density at radius 2 is 1.75 bits per heavy atom.